The van der Waals surface area contributed by atoms with Crippen molar-refractivity contribution < 1.29 is 19.4 Å². The molecule has 1 aliphatic rings. The summed E-state index contributed by atoms with van der Waals surface area (Å²) in [4.78, 5) is 22.1. The number of carbonyl (C=O) groups excluding carboxylic acids is 1. The van der Waals surface area contributed by atoms with E-state index in [9.17, 15) is 9.59 Å². The minimum atomic E-state index is -0.964. The van der Waals surface area contributed by atoms with Gasteiger partial charge in [0.05, 0.1) is 7.11 Å². The predicted octanol–water partition coefficient (Wildman–Crippen LogP) is 0.243. The molecule has 0 saturated heterocycles. The second-order valence-electron chi connectivity index (χ2n) is 3.67. The predicted molar refractivity (Wildman–Crippen MR) is 53.2 cm³/mol. The van der Waals surface area contributed by atoms with Gasteiger partial charge in [0, 0.05) is 11.3 Å². The fourth-order valence-corrected chi connectivity index (χ4v) is 2.03. The minimum absolute atomic E-state index is 0.209. The number of esters is 1. The summed E-state index contributed by atoms with van der Waals surface area (Å²) in [5.74, 6) is -1.46. The molecule has 0 bridgehead atoms. The number of ether oxygens (including phenoxy) is 1. The molecular formula is C10H12N2O4. The molecule has 0 atom stereocenters. The average Bonchev–Trinajstić information content (AvgIpc) is 2.80. The molecule has 2 rings (SSSR count). The monoisotopic (exact) mass is 224 g/mol. The van der Waals surface area contributed by atoms with Crippen LogP contribution in [-0.4, -0.2) is 33.9 Å². The van der Waals surface area contributed by atoms with Gasteiger partial charge in [0.25, 0.3) is 0 Å². The van der Waals surface area contributed by atoms with E-state index in [4.69, 9.17) is 5.11 Å². The molecule has 0 fully saturated rings. The fraction of sp³-hybridized carbons (Fsp3) is 0.500. The first-order chi connectivity index (χ1) is 7.63. The first-order valence-electron chi connectivity index (χ1n) is 5.02. The molecule has 0 unspecified atom stereocenters. The van der Waals surface area contributed by atoms with Crippen LogP contribution >= 0.6 is 0 Å². The maximum absolute atomic E-state index is 11.4. The maximum Gasteiger partial charge on any atom is 0.358 e. The van der Waals surface area contributed by atoms with Crippen molar-refractivity contribution in [1.29, 1.82) is 0 Å². The normalized spacial score (nSPS) is 13.6. The maximum atomic E-state index is 11.4. The van der Waals surface area contributed by atoms with Gasteiger partial charge in [0.1, 0.15) is 6.54 Å². The number of aromatic nitrogens is 2. The lowest BCUT2D eigenvalue weighted by atomic mass is 10.2. The number of hydrogen-bond donors (Lipinski definition) is 1. The minimum Gasteiger partial charge on any atom is -0.480 e. The highest BCUT2D eigenvalue weighted by Gasteiger charge is 2.27. The topological polar surface area (TPSA) is 81.4 Å². The molecule has 1 aromatic rings. The van der Waals surface area contributed by atoms with Crippen LogP contribution in [0.4, 0.5) is 0 Å². The Bertz CT molecular complexity index is 450. The number of aliphatic carboxylic acids is 1. The Kier molecular flexibility index (Phi) is 2.64. The molecule has 0 aliphatic heterocycles. The van der Waals surface area contributed by atoms with Gasteiger partial charge in [-0.15, -0.1) is 0 Å². The molecule has 6 nitrogen and oxygen atoms in total. The van der Waals surface area contributed by atoms with Gasteiger partial charge in [-0.1, -0.05) is 0 Å². The quantitative estimate of drug-likeness (QED) is 0.744. The number of fused-ring (bicyclic) bond motifs is 1. The van der Waals surface area contributed by atoms with Gasteiger partial charge in [-0.25, -0.2) is 4.79 Å². The first-order valence-corrected chi connectivity index (χ1v) is 5.02. The average molecular weight is 224 g/mol. The van der Waals surface area contributed by atoms with Crippen molar-refractivity contribution in [2.45, 2.75) is 25.8 Å². The summed E-state index contributed by atoms with van der Waals surface area (Å²) in [5.41, 5.74) is 1.95. The number of rotatable bonds is 3. The third-order valence-electron chi connectivity index (χ3n) is 2.67. The van der Waals surface area contributed by atoms with Crippen molar-refractivity contribution >= 4 is 11.9 Å². The Morgan fingerprint density at radius 3 is 2.88 bits per heavy atom. The zero-order valence-corrected chi connectivity index (χ0v) is 8.89. The molecular weight excluding hydrogens is 212 g/mol. The Balaban J connectivity index is 2.41. The van der Waals surface area contributed by atoms with E-state index in [1.807, 2.05) is 0 Å². The standard InChI is InChI=1S/C10H12N2O4/c1-16-10(15)9-6-3-2-4-7(6)12(11-9)5-8(13)14/h2-5H2,1H3,(H,13,14). The van der Waals surface area contributed by atoms with Crippen LogP contribution in [0.1, 0.15) is 28.2 Å². The molecule has 1 N–H and O–H groups in total. The second-order valence-corrected chi connectivity index (χ2v) is 3.67. The van der Waals surface area contributed by atoms with E-state index in [0.717, 1.165) is 30.5 Å². The van der Waals surface area contributed by atoms with Crippen LogP contribution in [0.3, 0.4) is 0 Å². The van der Waals surface area contributed by atoms with Gasteiger partial charge >= 0.3 is 11.9 Å². The van der Waals surface area contributed by atoms with Crippen LogP contribution < -0.4 is 0 Å². The number of methoxy groups -OCH3 is 1. The second kappa shape index (κ2) is 3.96. The van der Waals surface area contributed by atoms with Crippen LogP contribution in [0.25, 0.3) is 0 Å². The highest BCUT2D eigenvalue weighted by molar-refractivity contribution is 5.89. The molecule has 6 heteroatoms. The van der Waals surface area contributed by atoms with E-state index in [0.29, 0.717) is 0 Å². The molecule has 0 aromatic carbocycles. The Morgan fingerprint density at radius 1 is 1.50 bits per heavy atom. The summed E-state index contributed by atoms with van der Waals surface area (Å²) in [6, 6.07) is 0. The Labute approximate surface area is 91.8 Å². The van der Waals surface area contributed by atoms with Gasteiger partial charge in [0.15, 0.2) is 5.69 Å². The summed E-state index contributed by atoms with van der Waals surface area (Å²) in [5, 5.41) is 12.7. The molecule has 86 valence electrons. The third-order valence-corrected chi connectivity index (χ3v) is 2.67. The van der Waals surface area contributed by atoms with Crippen LogP contribution in [0, 0.1) is 0 Å². The van der Waals surface area contributed by atoms with E-state index in [1.165, 1.54) is 11.8 Å². The summed E-state index contributed by atoms with van der Waals surface area (Å²) in [7, 11) is 1.29. The van der Waals surface area contributed by atoms with Crippen molar-refractivity contribution in [1.82, 2.24) is 9.78 Å². The van der Waals surface area contributed by atoms with Gasteiger partial charge in [-0.2, -0.15) is 5.10 Å². The van der Waals surface area contributed by atoms with E-state index in [2.05, 4.69) is 9.84 Å². The zero-order chi connectivity index (χ0) is 11.7. The lowest BCUT2D eigenvalue weighted by Crippen LogP contribution is -2.13. The van der Waals surface area contributed by atoms with Crippen LogP contribution in [0.2, 0.25) is 0 Å². The van der Waals surface area contributed by atoms with E-state index >= 15 is 0 Å². The van der Waals surface area contributed by atoms with Gasteiger partial charge < -0.3 is 9.84 Å². The van der Waals surface area contributed by atoms with Crippen molar-refractivity contribution in [3.05, 3.63) is 17.0 Å². The van der Waals surface area contributed by atoms with Crippen LogP contribution in [-0.2, 0) is 28.9 Å². The Hall–Kier alpha value is -1.85. The molecule has 1 heterocycles. The fourth-order valence-electron chi connectivity index (χ4n) is 2.03. The van der Waals surface area contributed by atoms with E-state index in [-0.39, 0.29) is 12.2 Å². The molecule has 0 saturated carbocycles. The highest BCUT2D eigenvalue weighted by Crippen LogP contribution is 2.25. The Morgan fingerprint density at radius 2 is 2.25 bits per heavy atom. The summed E-state index contributed by atoms with van der Waals surface area (Å²) in [6.45, 7) is -0.209. The summed E-state index contributed by atoms with van der Waals surface area (Å²) in [6.07, 6.45) is 2.46. The van der Waals surface area contributed by atoms with Crippen LogP contribution in [0.5, 0.6) is 0 Å². The van der Waals surface area contributed by atoms with Crippen molar-refractivity contribution in [3.63, 3.8) is 0 Å². The lowest BCUT2D eigenvalue weighted by molar-refractivity contribution is -0.137. The van der Waals surface area contributed by atoms with Crippen molar-refractivity contribution in [2.24, 2.45) is 0 Å². The molecule has 1 aromatic heterocycles. The van der Waals surface area contributed by atoms with Gasteiger partial charge in [-0.05, 0) is 19.3 Å². The summed E-state index contributed by atoms with van der Waals surface area (Å²) < 4.78 is 6.00. The highest BCUT2D eigenvalue weighted by atomic mass is 16.5. The first kappa shape index (κ1) is 10.7. The number of carbonyl (C=O) groups is 2. The van der Waals surface area contributed by atoms with Gasteiger partial charge in [0.2, 0.25) is 0 Å². The lowest BCUT2D eigenvalue weighted by Gasteiger charge is -2.00. The van der Waals surface area contributed by atoms with Crippen molar-refractivity contribution in [2.75, 3.05) is 7.11 Å². The molecule has 0 radical (unpaired) electrons. The SMILES string of the molecule is COC(=O)c1nn(CC(=O)O)c2c1CCC2. The number of carboxylic acid groups (broad SMARTS) is 1. The molecule has 0 amide bonds. The number of hydrogen-bond acceptors (Lipinski definition) is 4. The van der Waals surface area contributed by atoms with Crippen molar-refractivity contribution in [3.8, 4) is 0 Å². The van der Waals surface area contributed by atoms with Gasteiger partial charge in [-0.3, -0.25) is 9.48 Å². The number of nitrogens with zero attached hydrogens (tertiary/aromatic N) is 2. The molecule has 1 aliphatic carbocycles. The smallest absolute Gasteiger partial charge is 0.358 e. The zero-order valence-electron chi connectivity index (χ0n) is 8.89. The molecule has 0 spiro atoms. The summed E-state index contributed by atoms with van der Waals surface area (Å²) >= 11 is 0. The van der Waals surface area contributed by atoms with Crippen LogP contribution in [0.15, 0.2) is 0 Å². The third kappa shape index (κ3) is 1.66. The molecule has 16 heavy (non-hydrogen) atoms. The van der Waals surface area contributed by atoms with E-state index in [1.54, 1.807) is 0 Å². The largest absolute Gasteiger partial charge is 0.480 e. The number of carboxylic acids is 1. The van der Waals surface area contributed by atoms with E-state index < -0.39 is 11.9 Å².